The molecule has 4 N–H and O–H groups in total. The van der Waals surface area contributed by atoms with Gasteiger partial charge in [-0.25, -0.2) is 0 Å². The topological polar surface area (TPSA) is 83.8 Å². The van der Waals surface area contributed by atoms with Gasteiger partial charge in [-0.15, -0.1) is 12.4 Å². The number of nitrogens with zero attached hydrogens (tertiary/aromatic N) is 1. The van der Waals surface area contributed by atoms with Gasteiger partial charge in [-0.3, -0.25) is 9.89 Å². The number of aromatic amines is 1. The highest BCUT2D eigenvalue weighted by Crippen LogP contribution is 2.39. The first-order valence-electron chi connectivity index (χ1n) is 7.78. The highest BCUT2D eigenvalue weighted by molar-refractivity contribution is 5.92. The van der Waals surface area contributed by atoms with Crippen LogP contribution < -0.4 is 11.1 Å². The van der Waals surface area contributed by atoms with Crippen molar-refractivity contribution in [2.45, 2.75) is 57.5 Å². The summed E-state index contributed by atoms with van der Waals surface area (Å²) in [6.07, 6.45) is 6.61. The molecule has 2 aliphatic carbocycles. The Morgan fingerprint density at radius 3 is 2.67 bits per heavy atom. The monoisotopic (exact) mass is 312 g/mol. The van der Waals surface area contributed by atoms with Gasteiger partial charge >= 0.3 is 0 Å². The number of rotatable bonds is 3. The van der Waals surface area contributed by atoms with E-state index in [0.29, 0.717) is 23.6 Å². The van der Waals surface area contributed by atoms with Gasteiger partial charge in [-0.2, -0.15) is 5.10 Å². The van der Waals surface area contributed by atoms with Crippen molar-refractivity contribution >= 4 is 18.3 Å². The number of carbonyl (C=O) groups is 1. The molecule has 1 aromatic heterocycles. The Morgan fingerprint density at radius 1 is 1.43 bits per heavy atom. The summed E-state index contributed by atoms with van der Waals surface area (Å²) >= 11 is 0. The van der Waals surface area contributed by atoms with E-state index in [-0.39, 0.29) is 24.4 Å². The number of nitrogens with two attached hydrogens (primary N) is 1. The molecule has 0 spiro atoms. The molecule has 21 heavy (non-hydrogen) atoms. The van der Waals surface area contributed by atoms with Crippen molar-refractivity contribution in [1.82, 2.24) is 15.5 Å². The number of fused-ring (bicyclic) bond motifs is 2. The second-order valence-corrected chi connectivity index (χ2v) is 6.31. The lowest BCUT2D eigenvalue weighted by molar-refractivity contribution is 0.0751. The molecule has 0 radical (unpaired) electrons. The van der Waals surface area contributed by atoms with Crippen molar-refractivity contribution in [3.8, 4) is 0 Å². The number of nitrogens with one attached hydrogen (secondary N) is 2. The minimum Gasteiger partial charge on any atom is -0.347 e. The van der Waals surface area contributed by atoms with Crippen LogP contribution in [-0.4, -0.2) is 28.2 Å². The van der Waals surface area contributed by atoms with Crippen molar-refractivity contribution in [2.75, 3.05) is 0 Å². The van der Waals surface area contributed by atoms with Crippen molar-refractivity contribution in [3.05, 3.63) is 17.5 Å². The van der Waals surface area contributed by atoms with Crippen LogP contribution in [-0.2, 0) is 6.42 Å². The van der Waals surface area contributed by atoms with Crippen LogP contribution in [0.3, 0.4) is 0 Å². The van der Waals surface area contributed by atoms with Crippen LogP contribution in [0.15, 0.2) is 6.07 Å². The third-order valence-electron chi connectivity index (χ3n) is 4.92. The van der Waals surface area contributed by atoms with Crippen LogP contribution in [0, 0.1) is 11.8 Å². The summed E-state index contributed by atoms with van der Waals surface area (Å²) in [6.45, 7) is 2.04. The average Bonchev–Trinajstić information content (AvgIpc) is 2.88. The number of amides is 1. The van der Waals surface area contributed by atoms with Gasteiger partial charge < -0.3 is 11.1 Å². The molecule has 0 saturated heterocycles. The fraction of sp³-hybridized carbons (Fsp3) is 0.733. The lowest BCUT2D eigenvalue weighted by atomic mass is 9.67. The average molecular weight is 313 g/mol. The number of halogens is 1. The van der Waals surface area contributed by atoms with E-state index in [4.69, 9.17) is 5.73 Å². The van der Waals surface area contributed by atoms with E-state index in [1.807, 2.05) is 13.0 Å². The van der Waals surface area contributed by atoms with Gasteiger partial charge in [0.1, 0.15) is 5.69 Å². The predicted molar refractivity (Wildman–Crippen MR) is 84.5 cm³/mol. The fourth-order valence-corrected chi connectivity index (χ4v) is 3.91. The SMILES string of the molecule is CCc1cc(C(=O)NC2C3CCCC2CC(N)C3)n[nH]1.Cl. The summed E-state index contributed by atoms with van der Waals surface area (Å²) < 4.78 is 0. The Morgan fingerprint density at radius 2 is 2.10 bits per heavy atom. The maximum absolute atomic E-state index is 12.3. The number of aryl methyl sites for hydroxylation is 1. The smallest absolute Gasteiger partial charge is 0.272 e. The molecule has 2 unspecified atom stereocenters. The summed E-state index contributed by atoms with van der Waals surface area (Å²) in [7, 11) is 0. The molecule has 0 aliphatic heterocycles. The number of hydrogen-bond donors (Lipinski definition) is 3. The number of carbonyl (C=O) groups excluding carboxylic acids is 1. The maximum Gasteiger partial charge on any atom is 0.272 e. The lowest BCUT2D eigenvalue weighted by Gasteiger charge is -2.45. The summed E-state index contributed by atoms with van der Waals surface area (Å²) in [6, 6.07) is 2.45. The van der Waals surface area contributed by atoms with Crippen LogP contribution in [0.5, 0.6) is 0 Å². The molecule has 3 rings (SSSR count). The summed E-state index contributed by atoms with van der Waals surface area (Å²) in [5, 5.41) is 10.2. The first kappa shape index (κ1) is 16.3. The molecule has 118 valence electrons. The molecule has 2 aliphatic rings. The summed E-state index contributed by atoms with van der Waals surface area (Å²) in [4.78, 5) is 12.3. The Kier molecular flexibility index (Phi) is 5.27. The molecule has 2 fully saturated rings. The third kappa shape index (κ3) is 3.40. The zero-order valence-electron chi connectivity index (χ0n) is 12.5. The number of hydrogen-bond acceptors (Lipinski definition) is 3. The molecule has 0 aromatic carbocycles. The van der Waals surface area contributed by atoms with Gasteiger partial charge in [0.2, 0.25) is 0 Å². The Balaban J connectivity index is 0.00000161. The number of H-pyrrole nitrogens is 1. The van der Waals surface area contributed by atoms with Gasteiger partial charge in [0.25, 0.3) is 5.91 Å². The van der Waals surface area contributed by atoms with E-state index in [9.17, 15) is 4.79 Å². The largest absolute Gasteiger partial charge is 0.347 e. The Labute approximate surface area is 131 Å². The van der Waals surface area contributed by atoms with Crippen LogP contribution in [0.25, 0.3) is 0 Å². The van der Waals surface area contributed by atoms with E-state index in [1.54, 1.807) is 0 Å². The zero-order valence-corrected chi connectivity index (χ0v) is 13.3. The van der Waals surface area contributed by atoms with Gasteiger partial charge in [0.05, 0.1) is 0 Å². The predicted octanol–water partition coefficient (Wildman–Crippen LogP) is 2.03. The normalized spacial score (nSPS) is 31.3. The standard InChI is InChI=1S/C15H24N4O.ClH/c1-2-12-8-13(19-18-12)15(20)17-14-9-4-3-5-10(14)7-11(16)6-9;/h8-11,14H,2-7,16H2,1H3,(H,17,20)(H,18,19);1H. The van der Waals surface area contributed by atoms with E-state index in [2.05, 4.69) is 15.5 Å². The summed E-state index contributed by atoms with van der Waals surface area (Å²) in [5.41, 5.74) is 7.63. The van der Waals surface area contributed by atoms with Gasteiger partial charge in [-0.05, 0) is 50.0 Å². The highest BCUT2D eigenvalue weighted by Gasteiger charge is 2.40. The van der Waals surface area contributed by atoms with Crippen molar-refractivity contribution in [1.29, 1.82) is 0 Å². The zero-order chi connectivity index (χ0) is 14.1. The third-order valence-corrected chi connectivity index (χ3v) is 4.92. The minimum atomic E-state index is -0.0432. The van der Waals surface area contributed by atoms with Gasteiger partial charge in [0.15, 0.2) is 0 Å². The lowest BCUT2D eigenvalue weighted by Crippen LogP contribution is -2.53. The second-order valence-electron chi connectivity index (χ2n) is 6.31. The molecule has 2 bridgehead atoms. The minimum absolute atomic E-state index is 0. The van der Waals surface area contributed by atoms with E-state index < -0.39 is 0 Å². The fourth-order valence-electron chi connectivity index (χ4n) is 3.91. The Hall–Kier alpha value is -1.07. The first-order valence-corrected chi connectivity index (χ1v) is 7.78. The molecule has 6 heteroatoms. The molecule has 5 nitrogen and oxygen atoms in total. The van der Waals surface area contributed by atoms with Crippen LogP contribution in [0.4, 0.5) is 0 Å². The molecule has 1 amide bonds. The highest BCUT2D eigenvalue weighted by atomic mass is 35.5. The van der Waals surface area contributed by atoms with Crippen molar-refractivity contribution in [2.24, 2.45) is 17.6 Å². The van der Waals surface area contributed by atoms with Crippen molar-refractivity contribution in [3.63, 3.8) is 0 Å². The van der Waals surface area contributed by atoms with E-state index >= 15 is 0 Å². The summed E-state index contributed by atoms with van der Waals surface area (Å²) in [5.74, 6) is 1.05. The molecule has 2 saturated carbocycles. The van der Waals surface area contributed by atoms with E-state index in [0.717, 1.165) is 25.0 Å². The molecular formula is C15H25ClN4O. The Bertz CT molecular complexity index is 476. The molecule has 2 atom stereocenters. The van der Waals surface area contributed by atoms with Crippen LogP contribution >= 0.6 is 12.4 Å². The molecule has 1 heterocycles. The van der Waals surface area contributed by atoms with Crippen LogP contribution in [0.1, 0.15) is 55.2 Å². The molecular weight excluding hydrogens is 288 g/mol. The van der Waals surface area contributed by atoms with E-state index in [1.165, 1.54) is 19.3 Å². The number of aromatic nitrogens is 2. The molecule has 1 aromatic rings. The van der Waals surface area contributed by atoms with Gasteiger partial charge in [0, 0.05) is 17.8 Å². The second kappa shape index (κ2) is 6.79. The van der Waals surface area contributed by atoms with Crippen LogP contribution in [0.2, 0.25) is 0 Å². The quantitative estimate of drug-likeness (QED) is 0.798. The van der Waals surface area contributed by atoms with Gasteiger partial charge in [-0.1, -0.05) is 13.3 Å². The van der Waals surface area contributed by atoms with Crippen molar-refractivity contribution < 1.29 is 4.79 Å². The first-order chi connectivity index (χ1) is 9.67. The maximum atomic E-state index is 12.3.